The van der Waals surface area contributed by atoms with Gasteiger partial charge in [-0.15, -0.1) is 0 Å². The number of anilines is 1. The number of benzene rings is 2. The minimum atomic E-state index is -0.828. The molecule has 0 radical (unpaired) electrons. The highest BCUT2D eigenvalue weighted by Gasteiger charge is 2.23. The molecule has 0 aromatic heterocycles. The van der Waals surface area contributed by atoms with Crippen LogP contribution in [0.15, 0.2) is 54.6 Å². The molecular weight excluding hydrogens is 336 g/mol. The van der Waals surface area contributed by atoms with Gasteiger partial charge in [0.15, 0.2) is 0 Å². The van der Waals surface area contributed by atoms with Crippen molar-refractivity contribution in [1.82, 2.24) is 5.32 Å². The van der Waals surface area contributed by atoms with E-state index >= 15 is 0 Å². The first kappa shape index (κ1) is 19.1. The van der Waals surface area contributed by atoms with Crippen molar-refractivity contribution in [2.75, 3.05) is 5.32 Å². The number of non-ortho nitro benzene ring substituents is 1. The molecular formula is C18H20N4O4. The van der Waals surface area contributed by atoms with E-state index in [1.165, 1.54) is 31.2 Å². The summed E-state index contributed by atoms with van der Waals surface area (Å²) in [5.41, 5.74) is 6.77. The van der Waals surface area contributed by atoms with Crippen LogP contribution in [0.2, 0.25) is 0 Å². The van der Waals surface area contributed by atoms with E-state index in [2.05, 4.69) is 10.6 Å². The first-order valence-electron chi connectivity index (χ1n) is 8.02. The van der Waals surface area contributed by atoms with E-state index in [-0.39, 0.29) is 12.1 Å². The van der Waals surface area contributed by atoms with Crippen molar-refractivity contribution in [2.24, 2.45) is 5.73 Å². The standard InChI is InChI=1S/C18H20N4O4/c1-12(19)17(23)21-16(11-13-5-3-2-4-6-13)18(24)20-14-7-9-15(10-8-14)22(25)26/h2-10,12,16H,11,19H2,1H3,(H,20,24)(H,21,23)/t12-,16-/m1/s1. The van der Waals surface area contributed by atoms with Crippen molar-refractivity contribution in [2.45, 2.75) is 25.4 Å². The Hall–Kier alpha value is -3.26. The van der Waals surface area contributed by atoms with Crippen LogP contribution in [0.4, 0.5) is 11.4 Å². The van der Waals surface area contributed by atoms with Crippen LogP contribution < -0.4 is 16.4 Å². The summed E-state index contributed by atoms with van der Waals surface area (Å²) < 4.78 is 0. The zero-order valence-corrected chi connectivity index (χ0v) is 14.2. The van der Waals surface area contributed by atoms with Gasteiger partial charge in [0.2, 0.25) is 11.8 Å². The number of rotatable bonds is 7. The first-order valence-corrected chi connectivity index (χ1v) is 8.02. The van der Waals surface area contributed by atoms with Gasteiger partial charge in [-0.1, -0.05) is 30.3 Å². The molecule has 8 nitrogen and oxygen atoms in total. The number of nitrogens with one attached hydrogen (secondary N) is 2. The number of nitrogens with zero attached hydrogens (tertiary/aromatic N) is 1. The molecule has 4 N–H and O–H groups in total. The molecule has 0 bridgehead atoms. The average Bonchev–Trinajstić information content (AvgIpc) is 2.62. The van der Waals surface area contributed by atoms with E-state index in [0.717, 1.165) is 5.56 Å². The maximum atomic E-state index is 12.6. The summed E-state index contributed by atoms with van der Waals surface area (Å²) in [6.45, 7) is 1.53. The summed E-state index contributed by atoms with van der Waals surface area (Å²) >= 11 is 0. The fraction of sp³-hybridized carbons (Fsp3) is 0.222. The van der Waals surface area contributed by atoms with E-state index in [4.69, 9.17) is 5.73 Å². The Morgan fingerprint density at radius 2 is 1.69 bits per heavy atom. The molecule has 136 valence electrons. The lowest BCUT2D eigenvalue weighted by Crippen LogP contribution is -2.50. The maximum Gasteiger partial charge on any atom is 0.269 e. The lowest BCUT2D eigenvalue weighted by molar-refractivity contribution is -0.384. The van der Waals surface area contributed by atoms with Crippen molar-refractivity contribution in [3.63, 3.8) is 0 Å². The number of nitro benzene ring substituents is 1. The van der Waals surface area contributed by atoms with Gasteiger partial charge in [0, 0.05) is 24.2 Å². The van der Waals surface area contributed by atoms with Crippen LogP contribution in [0.1, 0.15) is 12.5 Å². The normalized spacial score (nSPS) is 12.7. The molecule has 2 amide bonds. The van der Waals surface area contributed by atoms with Crippen LogP contribution in [0.5, 0.6) is 0 Å². The van der Waals surface area contributed by atoms with Crippen LogP contribution in [0.25, 0.3) is 0 Å². The molecule has 0 saturated heterocycles. The number of carbonyl (C=O) groups excluding carboxylic acids is 2. The zero-order valence-electron chi connectivity index (χ0n) is 14.2. The number of carbonyl (C=O) groups is 2. The number of hydrogen-bond donors (Lipinski definition) is 3. The maximum absolute atomic E-state index is 12.6. The average molecular weight is 356 g/mol. The fourth-order valence-corrected chi connectivity index (χ4v) is 2.26. The molecule has 0 aliphatic heterocycles. The van der Waals surface area contributed by atoms with Gasteiger partial charge >= 0.3 is 0 Å². The fourth-order valence-electron chi connectivity index (χ4n) is 2.26. The number of nitrogens with two attached hydrogens (primary N) is 1. The molecule has 2 aromatic carbocycles. The highest BCUT2D eigenvalue weighted by atomic mass is 16.6. The third-order valence-electron chi connectivity index (χ3n) is 3.67. The summed E-state index contributed by atoms with van der Waals surface area (Å²) in [5.74, 6) is -0.874. The lowest BCUT2D eigenvalue weighted by Gasteiger charge is -2.20. The Kier molecular flexibility index (Phi) is 6.40. The van der Waals surface area contributed by atoms with Gasteiger partial charge in [-0.3, -0.25) is 19.7 Å². The van der Waals surface area contributed by atoms with E-state index in [9.17, 15) is 19.7 Å². The molecule has 0 heterocycles. The molecule has 2 rings (SSSR count). The number of nitro groups is 1. The SMILES string of the molecule is C[C@@H](N)C(=O)N[C@H](Cc1ccccc1)C(=O)Nc1ccc([N+](=O)[O-])cc1. The minimum absolute atomic E-state index is 0.0749. The van der Waals surface area contributed by atoms with Gasteiger partial charge in [-0.25, -0.2) is 0 Å². The third kappa shape index (κ3) is 5.38. The van der Waals surface area contributed by atoms with Crippen LogP contribution in [0.3, 0.4) is 0 Å². The molecule has 8 heteroatoms. The van der Waals surface area contributed by atoms with Crippen molar-refractivity contribution in [1.29, 1.82) is 0 Å². The molecule has 0 unspecified atom stereocenters. The Balaban J connectivity index is 2.13. The van der Waals surface area contributed by atoms with Gasteiger partial charge in [-0.2, -0.15) is 0 Å². The van der Waals surface area contributed by atoms with Crippen molar-refractivity contribution in [3.05, 3.63) is 70.3 Å². The predicted molar refractivity (Wildman–Crippen MR) is 97.5 cm³/mol. The van der Waals surface area contributed by atoms with Crippen LogP contribution >= 0.6 is 0 Å². The number of amides is 2. The van der Waals surface area contributed by atoms with E-state index in [1.807, 2.05) is 30.3 Å². The van der Waals surface area contributed by atoms with Gasteiger partial charge in [0.25, 0.3) is 5.69 Å². The van der Waals surface area contributed by atoms with Gasteiger partial charge in [-0.05, 0) is 24.6 Å². The van der Waals surface area contributed by atoms with Crippen molar-refractivity contribution < 1.29 is 14.5 Å². The second-order valence-corrected chi connectivity index (χ2v) is 5.83. The Morgan fingerprint density at radius 3 is 2.23 bits per heavy atom. The summed E-state index contributed by atoms with van der Waals surface area (Å²) in [5, 5.41) is 16.0. The van der Waals surface area contributed by atoms with E-state index in [0.29, 0.717) is 5.69 Å². The smallest absolute Gasteiger partial charge is 0.269 e. The highest BCUT2D eigenvalue weighted by Crippen LogP contribution is 2.16. The lowest BCUT2D eigenvalue weighted by atomic mass is 10.0. The molecule has 2 atom stereocenters. The number of hydrogen-bond acceptors (Lipinski definition) is 5. The molecule has 26 heavy (non-hydrogen) atoms. The Bertz CT molecular complexity index is 776. The largest absolute Gasteiger partial charge is 0.343 e. The zero-order chi connectivity index (χ0) is 19.1. The first-order chi connectivity index (χ1) is 12.4. The molecule has 2 aromatic rings. The monoisotopic (exact) mass is 356 g/mol. The quantitative estimate of drug-likeness (QED) is 0.513. The van der Waals surface area contributed by atoms with Crippen molar-refractivity contribution in [3.8, 4) is 0 Å². The molecule has 0 fully saturated rings. The highest BCUT2D eigenvalue weighted by molar-refractivity contribution is 5.98. The summed E-state index contributed by atoms with van der Waals surface area (Å²) in [6, 6.07) is 13.1. The summed E-state index contributed by atoms with van der Waals surface area (Å²) in [7, 11) is 0. The van der Waals surface area contributed by atoms with Crippen LogP contribution in [0, 0.1) is 10.1 Å². The Morgan fingerprint density at radius 1 is 1.08 bits per heavy atom. The topological polar surface area (TPSA) is 127 Å². The summed E-state index contributed by atoms with van der Waals surface area (Å²) in [6.07, 6.45) is 0.290. The second kappa shape index (κ2) is 8.72. The predicted octanol–water partition coefficient (Wildman–Crippen LogP) is 1.61. The van der Waals surface area contributed by atoms with E-state index < -0.39 is 28.8 Å². The van der Waals surface area contributed by atoms with Crippen molar-refractivity contribution >= 4 is 23.2 Å². The summed E-state index contributed by atoms with van der Waals surface area (Å²) in [4.78, 5) is 34.7. The second-order valence-electron chi connectivity index (χ2n) is 5.83. The van der Waals surface area contributed by atoms with Crippen LogP contribution in [-0.2, 0) is 16.0 Å². The Labute approximate surface area is 150 Å². The molecule has 0 spiro atoms. The van der Waals surface area contributed by atoms with E-state index in [1.54, 1.807) is 0 Å². The van der Waals surface area contributed by atoms with Gasteiger partial charge < -0.3 is 16.4 Å². The van der Waals surface area contributed by atoms with Gasteiger partial charge in [0.05, 0.1) is 11.0 Å². The minimum Gasteiger partial charge on any atom is -0.343 e. The van der Waals surface area contributed by atoms with Gasteiger partial charge in [0.1, 0.15) is 6.04 Å². The van der Waals surface area contributed by atoms with Crippen LogP contribution in [-0.4, -0.2) is 28.8 Å². The molecule has 0 aliphatic carbocycles. The molecule has 0 aliphatic rings. The third-order valence-corrected chi connectivity index (χ3v) is 3.67. The molecule has 0 saturated carbocycles.